The molecular weight excluding hydrogens is 256 g/mol. The number of para-hydroxylation sites is 1. The lowest BCUT2D eigenvalue weighted by molar-refractivity contribution is -0.123. The molecule has 0 fully saturated rings. The number of H-pyrrole nitrogens is 1. The maximum atomic E-state index is 11.6. The monoisotopic (exact) mass is 270 g/mol. The summed E-state index contributed by atoms with van der Waals surface area (Å²) in [5.74, 6) is 1.00. The molecule has 0 aliphatic heterocycles. The first kappa shape index (κ1) is 13.6. The van der Waals surface area contributed by atoms with Crippen molar-refractivity contribution in [3.63, 3.8) is 0 Å². The van der Waals surface area contributed by atoms with E-state index in [2.05, 4.69) is 15.3 Å². The predicted molar refractivity (Wildman–Crippen MR) is 72.0 cm³/mol. The molecule has 1 aromatic carbocycles. The number of carbonyl (C=O) groups excluding carboxylic acids is 1. The first-order valence-corrected chi connectivity index (χ1v) is 6.16. The van der Waals surface area contributed by atoms with Crippen LogP contribution in [0.4, 0.5) is 0 Å². The maximum absolute atomic E-state index is 11.6. The molecule has 1 heterocycles. The van der Waals surface area contributed by atoms with Gasteiger partial charge in [-0.1, -0.05) is 12.1 Å². The molecule has 102 valence electrons. The number of carbonyl (C=O) groups is 1. The summed E-state index contributed by atoms with van der Waals surface area (Å²) in [5, 5.41) is 11.6. The smallest absolute Gasteiger partial charge is 0.257 e. The molecule has 0 saturated carbocycles. The fourth-order valence-electron chi connectivity index (χ4n) is 1.63. The molecule has 6 nitrogen and oxygen atoms in total. The van der Waals surface area contributed by atoms with Gasteiger partial charge in [0, 0.05) is 25.4 Å². The summed E-state index contributed by atoms with van der Waals surface area (Å²) in [7, 11) is 0. The topological polar surface area (TPSA) is 90.8 Å². The fraction of sp³-hybridized carbons (Fsp3) is 0.214. The third kappa shape index (κ3) is 3.85. The zero-order valence-corrected chi connectivity index (χ0v) is 10.8. The standard InChI is InChI=1S/C14H14N4O2/c15-9-11-3-1-2-4-12(11)20-10-14(19)18-6-5-13-16-7-8-17-13/h1-4,7-8H,5-6,10H2,(H,16,17)(H,18,19). The van der Waals surface area contributed by atoms with Crippen LogP contribution in [0.3, 0.4) is 0 Å². The van der Waals surface area contributed by atoms with Gasteiger partial charge in [0.25, 0.3) is 5.91 Å². The van der Waals surface area contributed by atoms with Gasteiger partial charge in [-0.3, -0.25) is 4.79 Å². The van der Waals surface area contributed by atoms with E-state index in [0.717, 1.165) is 5.82 Å². The lowest BCUT2D eigenvalue weighted by atomic mass is 10.2. The third-order valence-electron chi connectivity index (χ3n) is 2.61. The van der Waals surface area contributed by atoms with Crippen LogP contribution in [0.5, 0.6) is 5.75 Å². The van der Waals surface area contributed by atoms with E-state index < -0.39 is 0 Å². The number of aromatic nitrogens is 2. The molecule has 6 heteroatoms. The summed E-state index contributed by atoms with van der Waals surface area (Å²) >= 11 is 0. The van der Waals surface area contributed by atoms with E-state index in [1.165, 1.54) is 0 Å². The number of hydrogen-bond acceptors (Lipinski definition) is 4. The third-order valence-corrected chi connectivity index (χ3v) is 2.61. The SMILES string of the molecule is N#Cc1ccccc1OCC(=O)NCCc1ncc[nH]1. The molecule has 0 unspecified atom stereocenters. The van der Waals surface area contributed by atoms with E-state index in [0.29, 0.717) is 24.3 Å². The largest absolute Gasteiger partial charge is 0.482 e. The summed E-state index contributed by atoms with van der Waals surface area (Å²) in [6, 6.07) is 8.82. The summed E-state index contributed by atoms with van der Waals surface area (Å²) in [4.78, 5) is 18.6. The first-order valence-electron chi connectivity index (χ1n) is 6.16. The minimum Gasteiger partial charge on any atom is -0.482 e. The molecule has 2 rings (SSSR count). The minimum atomic E-state index is -0.232. The van der Waals surface area contributed by atoms with Crippen LogP contribution in [0, 0.1) is 11.3 Å². The number of nitrogens with one attached hydrogen (secondary N) is 2. The summed E-state index contributed by atoms with van der Waals surface area (Å²) in [6.45, 7) is 0.368. The Labute approximate surface area is 116 Å². The number of nitriles is 1. The van der Waals surface area contributed by atoms with Crippen LogP contribution in [0.25, 0.3) is 0 Å². The molecular formula is C14H14N4O2. The Kier molecular flexibility index (Phi) is 4.73. The Morgan fingerprint density at radius 1 is 1.45 bits per heavy atom. The van der Waals surface area contributed by atoms with Crippen molar-refractivity contribution < 1.29 is 9.53 Å². The molecule has 0 atom stereocenters. The van der Waals surface area contributed by atoms with E-state index >= 15 is 0 Å². The van der Waals surface area contributed by atoms with Gasteiger partial charge in [-0.2, -0.15) is 5.26 Å². The Bertz CT molecular complexity index is 602. The number of rotatable bonds is 6. The van der Waals surface area contributed by atoms with Crippen LogP contribution in [0.1, 0.15) is 11.4 Å². The number of hydrogen-bond donors (Lipinski definition) is 2. The number of aromatic amines is 1. The van der Waals surface area contributed by atoms with Crippen molar-refractivity contribution in [2.45, 2.75) is 6.42 Å². The highest BCUT2D eigenvalue weighted by molar-refractivity contribution is 5.77. The van der Waals surface area contributed by atoms with Gasteiger partial charge in [0.15, 0.2) is 6.61 Å². The molecule has 0 saturated heterocycles. The molecule has 0 radical (unpaired) electrons. The molecule has 20 heavy (non-hydrogen) atoms. The minimum absolute atomic E-state index is 0.114. The Morgan fingerprint density at radius 3 is 3.05 bits per heavy atom. The fourth-order valence-corrected chi connectivity index (χ4v) is 1.63. The molecule has 2 N–H and O–H groups in total. The van der Waals surface area contributed by atoms with Crippen LogP contribution in [0.2, 0.25) is 0 Å². The Morgan fingerprint density at radius 2 is 2.30 bits per heavy atom. The highest BCUT2D eigenvalue weighted by atomic mass is 16.5. The van der Waals surface area contributed by atoms with Crippen LogP contribution >= 0.6 is 0 Å². The molecule has 0 spiro atoms. The zero-order valence-electron chi connectivity index (χ0n) is 10.8. The molecule has 0 bridgehead atoms. The van der Waals surface area contributed by atoms with Crippen molar-refractivity contribution in [2.75, 3.05) is 13.2 Å². The van der Waals surface area contributed by atoms with Crippen LogP contribution in [0.15, 0.2) is 36.7 Å². The van der Waals surface area contributed by atoms with Gasteiger partial charge < -0.3 is 15.0 Å². The van der Waals surface area contributed by atoms with Crippen molar-refractivity contribution in [3.05, 3.63) is 48.0 Å². The lowest BCUT2D eigenvalue weighted by Gasteiger charge is -2.08. The summed E-state index contributed by atoms with van der Waals surface area (Å²) < 4.78 is 5.32. The zero-order chi connectivity index (χ0) is 14.2. The van der Waals surface area contributed by atoms with E-state index in [1.54, 1.807) is 36.7 Å². The lowest BCUT2D eigenvalue weighted by Crippen LogP contribution is -2.30. The van der Waals surface area contributed by atoms with Crippen LogP contribution in [-0.2, 0) is 11.2 Å². The number of ether oxygens (including phenoxy) is 1. The van der Waals surface area contributed by atoms with Gasteiger partial charge in [0.2, 0.25) is 0 Å². The second-order valence-electron chi connectivity index (χ2n) is 4.03. The van der Waals surface area contributed by atoms with Gasteiger partial charge in [-0.15, -0.1) is 0 Å². The van der Waals surface area contributed by atoms with E-state index in [4.69, 9.17) is 10.00 Å². The first-order chi connectivity index (χ1) is 9.79. The Hall–Kier alpha value is -2.81. The summed E-state index contributed by atoms with van der Waals surface area (Å²) in [5.41, 5.74) is 0.413. The highest BCUT2D eigenvalue weighted by Crippen LogP contribution is 2.15. The van der Waals surface area contributed by atoms with Gasteiger partial charge in [0.1, 0.15) is 17.6 Å². The van der Waals surface area contributed by atoms with E-state index in [-0.39, 0.29) is 12.5 Å². The van der Waals surface area contributed by atoms with Gasteiger partial charge in [-0.05, 0) is 12.1 Å². The summed E-state index contributed by atoms with van der Waals surface area (Å²) in [6.07, 6.45) is 4.03. The number of imidazole rings is 1. The van der Waals surface area contributed by atoms with Gasteiger partial charge in [-0.25, -0.2) is 4.98 Å². The van der Waals surface area contributed by atoms with Crippen molar-refractivity contribution in [1.29, 1.82) is 5.26 Å². The van der Waals surface area contributed by atoms with Crippen molar-refractivity contribution in [2.24, 2.45) is 0 Å². The predicted octanol–water partition coefficient (Wildman–Crippen LogP) is 1.02. The average Bonchev–Trinajstić information content (AvgIpc) is 2.98. The maximum Gasteiger partial charge on any atom is 0.257 e. The second-order valence-corrected chi connectivity index (χ2v) is 4.03. The van der Waals surface area contributed by atoms with Crippen LogP contribution < -0.4 is 10.1 Å². The van der Waals surface area contributed by atoms with Crippen molar-refractivity contribution >= 4 is 5.91 Å². The Balaban J connectivity index is 1.74. The quantitative estimate of drug-likeness (QED) is 0.819. The molecule has 2 aromatic rings. The van der Waals surface area contributed by atoms with Crippen molar-refractivity contribution in [1.82, 2.24) is 15.3 Å². The van der Waals surface area contributed by atoms with Gasteiger partial charge in [0.05, 0.1) is 5.56 Å². The number of benzene rings is 1. The van der Waals surface area contributed by atoms with E-state index in [9.17, 15) is 4.79 Å². The van der Waals surface area contributed by atoms with Crippen molar-refractivity contribution in [3.8, 4) is 11.8 Å². The molecule has 1 amide bonds. The average molecular weight is 270 g/mol. The number of amides is 1. The molecule has 0 aliphatic rings. The number of nitrogens with zero attached hydrogens (tertiary/aromatic N) is 2. The normalized spacial score (nSPS) is 9.75. The molecule has 1 aromatic heterocycles. The van der Waals surface area contributed by atoms with E-state index in [1.807, 2.05) is 6.07 Å². The van der Waals surface area contributed by atoms with Crippen LogP contribution in [-0.4, -0.2) is 29.0 Å². The van der Waals surface area contributed by atoms with Gasteiger partial charge >= 0.3 is 0 Å². The second kappa shape index (κ2) is 6.95. The molecule has 0 aliphatic carbocycles. The highest BCUT2D eigenvalue weighted by Gasteiger charge is 2.06.